The zero-order chi connectivity index (χ0) is 14.1. The Bertz CT molecular complexity index is 726. The number of hydrogen-bond acceptors (Lipinski definition) is 4. The number of carbonyl (C=O) groups excluding carboxylic acids is 1. The molecule has 2 heterocycles. The van der Waals surface area contributed by atoms with E-state index in [2.05, 4.69) is 15.4 Å². The monoisotopic (exact) mass is 286 g/mol. The van der Waals surface area contributed by atoms with Crippen molar-refractivity contribution in [3.8, 4) is 0 Å². The molecule has 0 spiro atoms. The Morgan fingerprint density at radius 2 is 2.10 bits per heavy atom. The number of thiazole rings is 1. The second-order valence-corrected chi connectivity index (χ2v) is 5.73. The molecule has 102 valence electrons. The van der Waals surface area contributed by atoms with Crippen molar-refractivity contribution in [1.29, 1.82) is 0 Å². The average Bonchev–Trinajstić information content (AvgIpc) is 3.04. The number of nitrogens with zero attached hydrogens (tertiary/aromatic N) is 3. The summed E-state index contributed by atoms with van der Waals surface area (Å²) < 4.78 is 2.75. The Labute approximate surface area is 120 Å². The number of carbonyl (C=O) groups is 1. The highest BCUT2D eigenvalue weighted by atomic mass is 32.1. The van der Waals surface area contributed by atoms with Crippen molar-refractivity contribution in [2.45, 2.75) is 19.9 Å². The zero-order valence-electron chi connectivity index (χ0n) is 11.2. The topological polar surface area (TPSA) is 59.8 Å². The van der Waals surface area contributed by atoms with Crippen molar-refractivity contribution in [1.82, 2.24) is 14.8 Å². The van der Waals surface area contributed by atoms with Crippen molar-refractivity contribution in [2.75, 3.05) is 5.32 Å². The minimum absolute atomic E-state index is 0.140. The first kappa shape index (κ1) is 12.8. The van der Waals surface area contributed by atoms with E-state index in [0.717, 1.165) is 10.2 Å². The average molecular weight is 286 g/mol. The molecule has 1 amide bonds. The molecule has 0 saturated heterocycles. The summed E-state index contributed by atoms with van der Waals surface area (Å²) in [6, 6.07) is 9.66. The Hall–Kier alpha value is -2.21. The van der Waals surface area contributed by atoms with E-state index in [1.807, 2.05) is 38.1 Å². The highest BCUT2D eigenvalue weighted by molar-refractivity contribution is 7.22. The Kier molecular flexibility index (Phi) is 3.23. The van der Waals surface area contributed by atoms with Gasteiger partial charge in [-0.1, -0.05) is 23.5 Å². The summed E-state index contributed by atoms with van der Waals surface area (Å²) in [7, 11) is 0. The lowest BCUT2D eigenvalue weighted by Gasteiger charge is -2.09. The van der Waals surface area contributed by atoms with Crippen LogP contribution in [0.25, 0.3) is 10.2 Å². The molecule has 0 radical (unpaired) electrons. The minimum atomic E-state index is -0.185. The van der Waals surface area contributed by atoms with Crippen LogP contribution in [0.15, 0.2) is 36.5 Å². The predicted molar refractivity (Wildman–Crippen MR) is 80.2 cm³/mol. The molecule has 0 bridgehead atoms. The van der Waals surface area contributed by atoms with Crippen LogP contribution in [0.5, 0.6) is 0 Å². The number of hydrogen-bond donors (Lipinski definition) is 1. The van der Waals surface area contributed by atoms with Gasteiger partial charge in [0.05, 0.1) is 10.2 Å². The molecule has 0 aliphatic carbocycles. The molecule has 2 aromatic heterocycles. The summed E-state index contributed by atoms with van der Waals surface area (Å²) in [6.45, 7) is 3.98. The van der Waals surface area contributed by atoms with E-state index < -0.39 is 0 Å². The second-order valence-electron chi connectivity index (χ2n) is 4.70. The van der Waals surface area contributed by atoms with Gasteiger partial charge >= 0.3 is 0 Å². The SMILES string of the molecule is CC(C)n1nccc1C(=O)Nc1nc2ccccc2s1. The first-order valence-electron chi connectivity index (χ1n) is 6.35. The van der Waals surface area contributed by atoms with E-state index in [4.69, 9.17) is 0 Å². The number of amides is 1. The molecule has 5 nitrogen and oxygen atoms in total. The first-order chi connectivity index (χ1) is 9.65. The molecule has 3 aromatic rings. The third kappa shape index (κ3) is 2.30. The van der Waals surface area contributed by atoms with Crippen LogP contribution in [0.1, 0.15) is 30.4 Å². The van der Waals surface area contributed by atoms with Gasteiger partial charge in [-0.2, -0.15) is 5.10 Å². The van der Waals surface area contributed by atoms with Crippen LogP contribution in [-0.4, -0.2) is 20.7 Å². The number of nitrogens with one attached hydrogen (secondary N) is 1. The number of aromatic nitrogens is 3. The molecule has 0 aliphatic rings. The largest absolute Gasteiger partial charge is 0.296 e. The molecular formula is C14H14N4OS. The summed E-state index contributed by atoms with van der Waals surface area (Å²) in [5.74, 6) is -0.185. The van der Waals surface area contributed by atoms with Crippen LogP contribution in [0, 0.1) is 0 Å². The van der Waals surface area contributed by atoms with E-state index in [-0.39, 0.29) is 11.9 Å². The first-order valence-corrected chi connectivity index (χ1v) is 7.17. The third-order valence-electron chi connectivity index (χ3n) is 2.91. The van der Waals surface area contributed by atoms with Crippen LogP contribution in [-0.2, 0) is 0 Å². The van der Waals surface area contributed by atoms with Gasteiger partial charge in [-0.3, -0.25) is 14.8 Å². The predicted octanol–water partition coefficient (Wildman–Crippen LogP) is 3.33. The summed E-state index contributed by atoms with van der Waals surface area (Å²) in [5, 5.41) is 7.60. The second kappa shape index (κ2) is 5.05. The fourth-order valence-corrected chi connectivity index (χ4v) is 2.85. The molecule has 20 heavy (non-hydrogen) atoms. The Morgan fingerprint density at radius 3 is 2.85 bits per heavy atom. The molecule has 1 N–H and O–H groups in total. The molecule has 3 rings (SSSR count). The van der Waals surface area contributed by atoms with Crippen LogP contribution < -0.4 is 5.32 Å². The highest BCUT2D eigenvalue weighted by Gasteiger charge is 2.15. The van der Waals surface area contributed by atoms with Crippen LogP contribution >= 0.6 is 11.3 Å². The van der Waals surface area contributed by atoms with Gasteiger partial charge < -0.3 is 0 Å². The normalized spacial score (nSPS) is 11.2. The molecule has 0 aliphatic heterocycles. The van der Waals surface area contributed by atoms with Crippen LogP contribution in [0.4, 0.5) is 5.13 Å². The maximum Gasteiger partial charge on any atom is 0.275 e. The Morgan fingerprint density at radius 1 is 1.30 bits per heavy atom. The summed E-state index contributed by atoms with van der Waals surface area (Å²) in [4.78, 5) is 16.7. The number of fused-ring (bicyclic) bond motifs is 1. The van der Waals surface area contributed by atoms with E-state index in [1.165, 1.54) is 11.3 Å². The lowest BCUT2D eigenvalue weighted by molar-refractivity contribution is 0.101. The van der Waals surface area contributed by atoms with Gasteiger partial charge in [-0.05, 0) is 32.0 Å². The van der Waals surface area contributed by atoms with Crippen molar-refractivity contribution in [3.05, 3.63) is 42.2 Å². The number of benzene rings is 1. The van der Waals surface area contributed by atoms with Gasteiger partial charge in [0.25, 0.3) is 5.91 Å². The van der Waals surface area contributed by atoms with E-state index in [0.29, 0.717) is 10.8 Å². The molecule has 0 fully saturated rings. The van der Waals surface area contributed by atoms with Crippen molar-refractivity contribution in [2.24, 2.45) is 0 Å². The van der Waals surface area contributed by atoms with Gasteiger partial charge in [-0.25, -0.2) is 4.98 Å². The fourth-order valence-electron chi connectivity index (χ4n) is 1.99. The van der Waals surface area contributed by atoms with Gasteiger partial charge in [-0.15, -0.1) is 0 Å². The summed E-state index contributed by atoms with van der Waals surface area (Å²) in [6.07, 6.45) is 1.63. The summed E-state index contributed by atoms with van der Waals surface area (Å²) in [5.41, 5.74) is 1.43. The maximum absolute atomic E-state index is 12.3. The number of para-hydroxylation sites is 1. The van der Waals surface area contributed by atoms with Crippen LogP contribution in [0.3, 0.4) is 0 Å². The zero-order valence-corrected chi connectivity index (χ0v) is 12.0. The van der Waals surface area contributed by atoms with Gasteiger partial charge in [0.15, 0.2) is 5.13 Å². The van der Waals surface area contributed by atoms with E-state index in [9.17, 15) is 4.79 Å². The molecule has 0 unspecified atom stereocenters. The Balaban J connectivity index is 1.86. The third-order valence-corrected chi connectivity index (χ3v) is 3.86. The van der Waals surface area contributed by atoms with Crippen molar-refractivity contribution in [3.63, 3.8) is 0 Å². The smallest absolute Gasteiger partial charge is 0.275 e. The molecule has 0 saturated carbocycles. The molecule has 0 atom stereocenters. The van der Waals surface area contributed by atoms with Crippen LogP contribution in [0.2, 0.25) is 0 Å². The lowest BCUT2D eigenvalue weighted by atomic mass is 10.3. The van der Waals surface area contributed by atoms with E-state index in [1.54, 1.807) is 16.9 Å². The van der Waals surface area contributed by atoms with Gasteiger partial charge in [0.2, 0.25) is 0 Å². The standard InChI is InChI=1S/C14H14N4OS/c1-9(2)18-11(7-8-15-18)13(19)17-14-16-10-5-3-4-6-12(10)20-14/h3-9H,1-2H3,(H,16,17,19). The van der Waals surface area contributed by atoms with Gasteiger partial charge in [0, 0.05) is 12.2 Å². The fraction of sp³-hybridized carbons (Fsp3) is 0.214. The van der Waals surface area contributed by atoms with E-state index >= 15 is 0 Å². The molecule has 1 aromatic carbocycles. The quantitative estimate of drug-likeness (QED) is 0.803. The van der Waals surface area contributed by atoms with Crippen molar-refractivity contribution >= 4 is 32.6 Å². The lowest BCUT2D eigenvalue weighted by Crippen LogP contribution is -2.18. The van der Waals surface area contributed by atoms with Gasteiger partial charge in [0.1, 0.15) is 5.69 Å². The molecule has 6 heteroatoms. The molecular weight excluding hydrogens is 272 g/mol. The van der Waals surface area contributed by atoms with Crippen molar-refractivity contribution < 1.29 is 4.79 Å². The number of anilines is 1. The minimum Gasteiger partial charge on any atom is -0.296 e. The highest BCUT2D eigenvalue weighted by Crippen LogP contribution is 2.25. The maximum atomic E-state index is 12.3. The summed E-state index contributed by atoms with van der Waals surface area (Å²) >= 11 is 1.46. The number of rotatable bonds is 3.